The number of furan rings is 1. The van der Waals surface area contributed by atoms with E-state index < -0.39 is 11.8 Å². The Balaban J connectivity index is 1.52. The highest BCUT2D eigenvalue weighted by Gasteiger charge is 2.15. The maximum atomic E-state index is 13.0. The van der Waals surface area contributed by atoms with Gasteiger partial charge in [-0.1, -0.05) is 65.1 Å². The van der Waals surface area contributed by atoms with Crippen LogP contribution in [0, 0.1) is 0 Å². The molecule has 0 spiro atoms. The van der Waals surface area contributed by atoms with Gasteiger partial charge >= 0.3 is 0 Å². The van der Waals surface area contributed by atoms with Crippen LogP contribution in [0.4, 0.5) is 5.69 Å². The second kappa shape index (κ2) is 12.7. The van der Waals surface area contributed by atoms with Gasteiger partial charge in [0.1, 0.15) is 17.2 Å². The lowest BCUT2D eigenvalue weighted by atomic mass is 10.1. The molecule has 3 aromatic carbocycles. The highest BCUT2D eigenvalue weighted by molar-refractivity contribution is 6.44. The van der Waals surface area contributed by atoms with E-state index in [4.69, 9.17) is 39.2 Å². The zero-order valence-electron chi connectivity index (χ0n) is 20.9. The normalized spacial score (nSPS) is 11.5. The Hall–Kier alpha value is -4.04. The van der Waals surface area contributed by atoms with Crippen LogP contribution in [-0.2, 0) is 4.79 Å². The quantitative estimate of drug-likeness (QED) is 0.103. The molecule has 0 atom stereocenters. The van der Waals surface area contributed by atoms with Crippen molar-refractivity contribution in [1.82, 2.24) is 10.7 Å². The van der Waals surface area contributed by atoms with Crippen molar-refractivity contribution < 1.29 is 14.0 Å². The topological polar surface area (TPSA) is 86.9 Å². The largest absolute Gasteiger partial charge is 0.455 e. The standard InChI is InChI=1S/C29H23Cl3N4O3/c1-36(2)20-10-8-18(9-11-20)14-26(34-28(37)19-6-4-3-5-7-19)29(38)35-33-17-21-12-13-27(39-21)22-15-24(31)25(32)16-23(22)30/h3-17H,1-2H3,(H,34,37)(H,35,38)/b26-14+,33-17+. The number of nitrogens with zero attached hydrogens (tertiary/aromatic N) is 2. The Bertz CT molecular complexity index is 1550. The molecule has 0 saturated heterocycles. The average Bonchev–Trinajstić information content (AvgIpc) is 3.39. The van der Waals surface area contributed by atoms with Gasteiger partial charge < -0.3 is 14.6 Å². The molecule has 4 aromatic rings. The molecule has 1 aromatic heterocycles. The van der Waals surface area contributed by atoms with Gasteiger partial charge in [0, 0.05) is 30.9 Å². The van der Waals surface area contributed by atoms with Gasteiger partial charge in [0.25, 0.3) is 11.8 Å². The van der Waals surface area contributed by atoms with E-state index in [9.17, 15) is 9.59 Å². The molecule has 0 aliphatic carbocycles. The van der Waals surface area contributed by atoms with Crippen molar-refractivity contribution >= 4 is 64.6 Å². The Morgan fingerprint density at radius 2 is 1.56 bits per heavy atom. The highest BCUT2D eigenvalue weighted by atomic mass is 35.5. The molecule has 4 rings (SSSR count). The molecule has 39 heavy (non-hydrogen) atoms. The first kappa shape index (κ1) is 28.0. The van der Waals surface area contributed by atoms with Gasteiger partial charge in [-0.05, 0) is 60.2 Å². The van der Waals surface area contributed by atoms with E-state index in [-0.39, 0.29) is 5.70 Å². The van der Waals surface area contributed by atoms with Crippen molar-refractivity contribution in [3.8, 4) is 11.3 Å². The summed E-state index contributed by atoms with van der Waals surface area (Å²) in [5, 5.41) is 7.70. The minimum atomic E-state index is -0.619. The molecule has 10 heteroatoms. The number of anilines is 1. The summed E-state index contributed by atoms with van der Waals surface area (Å²) in [4.78, 5) is 27.8. The van der Waals surface area contributed by atoms with Crippen LogP contribution in [0.1, 0.15) is 21.7 Å². The zero-order valence-corrected chi connectivity index (χ0v) is 23.2. The minimum Gasteiger partial charge on any atom is -0.455 e. The zero-order chi connectivity index (χ0) is 27.9. The van der Waals surface area contributed by atoms with Gasteiger partial charge in [0.05, 0.1) is 21.3 Å². The summed E-state index contributed by atoms with van der Waals surface area (Å²) in [6.07, 6.45) is 2.90. The van der Waals surface area contributed by atoms with E-state index >= 15 is 0 Å². The van der Waals surface area contributed by atoms with Gasteiger partial charge in [0.2, 0.25) is 0 Å². The lowest BCUT2D eigenvalue weighted by Crippen LogP contribution is -2.32. The number of halogens is 3. The maximum Gasteiger partial charge on any atom is 0.287 e. The fourth-order valence-corrected chi connectivity index (χ4v) is 4.11. The average molecular weight is 582 g/mol. The molecule has 2 amide bonds. The molecule has 0 aliphatic rings. The molecule has 0 bridgehead atoms. The predicted octanol–water partition coefficient (Wildman–Crippen LogP) is 6.89. The van der Waals surface area contributed by atoms with Crippen LogP contribution in [0.3, 0.4) is 0 Å². The SMILES string of the molecule is CN(C)c1ccc(/C=C(/NC(=O)c2ccccc2)C(=O)N/N=C/c2ccc(-c3cc(Cl)c(Cl)cc3Cl)o2)cc1. The third kappa shape index (κ3) is 7.29. The number of hydrogen-bond acceptors (Lipinski definition) is 5. The monoisotopic (exact) mass is 580 g/mol. The molecule has 1 heterocycles. The summed E-state index contributed by atoms with van der Waals surface area (Å²) < 4.78 is 5.76. The van der Waals surface area contributed by atoms with Crippen LogP contribution in [0.15, 0.2) is 94.1 Å². The number of carbonyl (C=O) groups is 2. The smallest absolute Gasteiger partial charge is 0.287 e. The molecule has 2 N–H and O–H groups in total. The van der Waals surface area contributed by atoms with Crippen LogP contribution < -0.4 is 15.6 Å². The minimum absolute atomic E-state index is 0.0151. The van der Waals surface area contributed by atoms with Crippen molar-refractivity contribution in [1.29, 1.82) is 0 Å². The third-order valence-electron chi connectivity index (χ3n) is 5.51. The first-order valence-electron chi connectivity index (χ1n) is 11.6. The number of carbonyl (C=O) groups excluding carboxylic acids is 2. The number of hydrogen-bond donors (Lipinski definition) is 2. The molecule has 0 fully saturated rings. The highest BCUT2D eigenvalue weighted by Crippen LogP contribution is 2.35. The summed E-state index contributed by atoms with van der Waals surface area (Å²) in [6.45, 7) is 0. The molecule has 0 radical (unpaired) electrons. The maximum absolute atomic E-state index is 13.0. The molecular formula is C29H23Cl3N4O3. The van der Waals surface area contributed by atoms with E-state index in [1.165, 1.54) is 12.3 Å². The molecule has 198 valence electrons. The molecule has 7 nitrogen and oxygen atoms in total. The number of amides is 2. The fourth-order valence-electron chi connectivity index (χ4n) is 3.47. The fraction of sp³-hybridized carbons (Fsp3) is 0.0690. The molecule has 0 aliphatic heterocycles. The van der Waals surface area contributed by atoms with Gasteiger partial charge in [-0.25, -0.2) is 5.43 Å². The third-order valence-corrected chi connectivity index (χ3v) is 6.54. The van der Waals surface area contributed by atoms with Crippen LogP contribution in [0.2, 0.25) is 15.1 Å². The summed E-state index contributed by atoms with van der Waals surface area (Å²) >= 11 is 18.4. The second-order valence-electron chi connectivity index (χ2n) is 8.51. The van der Waals surface area contributed by atoms with Gasteiger partial charge in [-0.2, -0.15) is 5.10 Å². The van der Waals surface area contributed by atoms with Gasteiger partial charge in [0.15, 0.2) is 0 Å². The lowest BCUT2D eigenvalue weighted by Gasteiger charge is -2.12. The Kier molecular flexibility index (Phi) is 9.09. The van der Waals surface area contributed by atoms with E-state index in [0.717, 1.165) is 11.3 Å². The van der Waals surface area contributed by atoms with E-state index in [0.29, 0.717) is 37.7 Å². The van der Waals surface area contributed by atoms with E-state index in [1.807, 2.05) is 43.3 Å². The van der Waals surface area contributed by atoms with Gasteiger partial charge in [-0.15, -0.1) is 0 Å². The summed E-state index contributed by atoms with van der Waals surface area (Å²) in [6, 6.07) is 22.6. The number of benzene rings is 3. The van der Waals surface area contributed by atoms with Gasteiger partial charge in [-0.3, -0.25) is 9.59 Å². The van der Waals surface area contributed by atoms with Crippen molar-refractivity contribution in [2.24, 2.45) is 5.10 Å². The summed E-state index contributed by atoms with van der Waals surface area (Å²) in [5.41, 5.74) is 5.13. The molecular weight excluding hydrogens is 559 g/mol. The second-order valence-corrected chi connectivity index (χ2v) is 9.73. The first-order valence-corrected chi connectivity index (χ1v) is 12.8. The van der Waals surface area contributed by atoms with Crippen molar-refractivity contribution in [2.45, 2.75) is 0 Å². The molecule has 0 saturated carbocycles. The first-order chi connectivity index (χ1) is 18.7. The molecule has 0 unspecified atom stereocenters. The van der Waals surface area contributed by atoms with Crippen molar-refractivity contribution in [3.05, 3.63) is 117 Å². The Morgan fingerprint density at radius 3 is 2.26 bits per heavy atom. The number of rotatable bonds is 8. The number of nitrogens with one attached hydrogen (secondary N) is 2. The van der Waals surface area contributed by atoms with E-state index in [2.05, 4.69) is 15.8 Å². The Labute approximate surface area is 240 Å². The van der Waals surface area contributed by atoms with Crippen molar-refractivity contribution in [3.63, 3.8) is 0 Å². The van der Waals surface area contributed by atoms with Crippen molar-refractivity contribution in [2.75, 3.05) is 19.0 Å². The van der Waals surface area contributed by atoms with Crippen LogP contribution in [0.25, 0.3) is 17.4 Å². The Morgan fingerprint density at radius 1 is 0.872 bits per heavy atom. The van der Waals surface area contributed by atoms with E-state index in [1.54, 1.807) is 54.6 Å². The lowest BCUT2D eigenvalue weighted by molar-refractivity contribution is -0.117. The predicted molar refractivity (Wildman–Crippen MR) is 158 cm³/mol. The van der Waals surface area contributed by atoms with Crippen LogP contribution in [-0.4, -0.2) is 32.1 Å². The van der Waals surface area contributed by atoms with Crippen LogP contribution in [0.5, 0.6) is 0 Å². The number of hydrazone groups is 1. The summed E-state index contributed by atoms with van der Waals surface area (Å²) in [7, 11) is 3.87. The van der Waals surface area contributed by atoms with Crippen LogP contribution >= 0.6 is 34.8 Å². The summed E-state index contributed by atoms with van der Waals surface area (Å²) in [5.74, 6) is -0.250.